The van der Waals surface area contributed by atoms with E-state index in [4.69, 9.17) is 16.3 Å². The topological polar surface area (TPSA) is 90.8 Å². The first kappa shape index (κ1) is 17.4. The molecule has 2 aromatic carbocycles. The summed E-state index contributed by atoms with van der Waals surface area (Å²) in [5.41, 5.74) is 3.03. The van der Waals surface area contributed by atoms with Crippen LogP contribution in [0.1, 0.15) is 35.7 Å². The molecule has 4 rings (SSSR count). The predicted molar refractivity (Wildman–Crippen MR) is 103 cm³/mol. The molecule has 27 heavy (non-hydrogen) atoms. The first-order valence-electron chi connectivity index (χ1n) is 8.76. The summed E-state index contributed by atoms with van der Waals surface area (Å²) >= 11 is 6.26. The van der Waals surface area contributed by atoms with Crippen molar-refractivity contribution in [3.05, 3.63) is 46.5 Å². The highest BCUT2D eigenvalue weighted by Crippen LogP contribution is 2.33. The third-order valence-corrected chi connectivity index (χ3v) is 4.65. The third kappa shape index (κ3) is 3.46. The van der Waals surface area contributed by atoms with Gasteiger partial charge in [-0.25, -0.2) is 0 Å². The zero-order valence-electron chi connectivity index (χ0n) is 14.7. The number of rotatable bonds is 5. The van der Waals surface area contributed by atoms with Crippen LogP contribution in [-0.2, 0) is 0 Å². The van der Waals surface area contributed by atoms with Gasteiger partial charge in [-0.3, -0.25) is 9.89 Å². The minimum absolute atomic E-state index is 0.136. The van der Waals surface area contributed by atoms with Gasteiger partial charge in [-0.05, 0) is 50.1 Å². The van der Waals surface area contributed by atoms with Crippen molar-refractivity contribution in [2.45, 2.75) is 25.8 Å². The normalized spacial score (nSPS) is 13.4. The van der Waals surface area contributed by atoms with E-state index in [1.165, 1.54) is 0 Å². The van der Waals surface area contributed by atoms with E-state index in [0.717, 1.165) is 23.8 Å². The van der Waals surface area contributed by atoms with Gasteiger partial charge in [0.1, 0.15) is 17.5 Å². The number of hydrogen-bond acceptors (Lipinski definition) is 4. The molecule has 0 spiro atoms. The standard InChI is InChI=1S/C20H17ClN4O2/c1-2-27-18-9-16-17(8-13(18)10-22)24-25-19(16)11-5-12(7-14(21)6-11)20(26)23-15-3-4-15/h5-9,15H,2-4H2,1H3,(H,23,26)(H,24,25). The van der Waals surface area contributed by atoms with Crippen molar-refractivity contribution >= 4 is 28.4 Å². The molecule has 0 unspecified atom stereocenters. The number of nitrogens with one attached hydrogen (secondary N) is 2. The number of nitriles is 1. The zero-order valence-corrected chi connectivity index (χ0v) is 15.4. The van der Waals surface area contributed by atoms with Crippen LogP contribution in [0.15, 0.2) is 30.3 Å². The van der Waals surface area contributed by atoms with Crippen molar-refractivity contribution in [1.29, 1.82) is 5.26 Å². The Morgan fingerprint density at radius 2 is 2.19 bits per heavy atom. The van der Waals surface area contributed by atoms with Crippen molar-refractivity contribution in [3.8, 4) is 23.1 Å². The van der Waals surface area contributed by atoms with E-state index < -0.39 is 0 Å². The van der Waals surface area contributed by atoms with Gasteiger partial charge in [-0.1, -0.05) is 11.6 Å². The van der Waals surface area contributed by atoms with Crippen LogP contribution >= 0.6 is 11.6 Å². The maximum absolute atomic E-state index is 12.4. The second-order valence-electron chi connectivity index (χ2n) is 6.49. The van der Waals surface area contributed by atoms with Gasteiger partial charge in [0.15, 0.2) is 0 Å². The number of carbonyl (C=O) groups is 1. The van der Waals surface area contributed by atoms with E-state index in [0.29, 0.717) is 39.7 Å². The van der Waals surface area contributed by atoms with E-state index in [1.807, 2.05) is 6.92 Å². The molecule has 136 valence electrons. The number of carbonyl (C=O) groups excluding carboxylic acids is 1. The minimum Gasteiger partial charge on any atom is -0.492 e. The summed E-state index contributed by atoms with van der Waals surface area (Å²) in [5.74, 6) is 0.367. The molecule has 0 aliphatic heterocycles. The largest absolute Gasteiger partial charge is 0.492 e. The maximum atomic E-state index is 12.4. The van der Waals surface area contributed by atoms with Gasteiger partial charge in [0.05, 0.1) is 17.7 Å². The van der Waals surface area contributed by atoms with Gasteiger partial charge in [0.25, 0.3) is 5.91 Å². The molecule has 0 radical (unpaired) electrons. The number of aromatic amines is 1. The summed E-state index contributed by atoms with van der Waals surface area (Å²) < 4.78 is 5.58. The van der Waals surface area contributed by atoms with Crippen LogP contribution in [0.25, 0.3) is 22.2 Å². The van der Waals surface area contributed by atoms with Crippen molar-refractivity contribution in [2.24, 2.45) is 0 Å². The van der Waals surface area contributed by atoms with E-state index in [-0.39, 0.29) is 11.9 Å². The van der Waals surface area contributed by atoms with Gasteiger partial charge >= 0.3 is 0 Å². The summed E-state index contributed by atoms with van der Waals surface area (Å²) in [7, 11) is 0. The Morgan fingerprint density at radius 3 is 2.89 bits per heavy atom. The highest BCUT2D eigenvalue weighted by molar-refractivity contribution is 6.31. The molecule has 0 atom stereocenters. The number of fused-ring (bicyclic) bond motifs is 1. The maximum Gasteiger partial charge on any atom is 0.251 e. The average molecular weight is 381 g/mol. The average Bonchev–Trinajstić information content (AvgIpc) is 3.37. The third-order valence-electron chi connectivity index (χ3n) is 4.43. The Kier molecular flexibility index (Phi) is 4.46. The van der Waals surface area contributed by atoms with Crippen LogP contribution in [0.2, 0.25) is 5.02 Å². The summed E-state index contributed by atoms with van der Waals surface area (Å²) in [4.78, 5) is 12.4. The summed E-state index contributed by atoms with van der Waals surface area (Å²) in [6, 6.07) is 11.1. The Balaban J connectivity index is 1.79. The first-order valence-corrected chi connectivity index (χ1v) is 9.13. The Morgan fingerprint density at radius 1 is 1.37 bits per heavy atom. The van der Waals surface area contributed by atoms with Gasteiger partial charge in [-0.2, -0.15) is 10.4 Å². The number of ether oxygens (including phenoxy) is 1. The Hall–Kier alpha value is -3.04. The number of hydrogen-bond donors (Lipinski definition) is 2. The molecule has 0 bridgehead atoms. The van der Waals surface area contributed by atoms with E-state index in [1.54, 1.807) is 30.3 Å². The Labute approximate surface area is 161 Å². The highest BCUT2D eigenvalue weighted by atomic mass is 35.5. The number of amides is 1. The quantitative estimate of drug-likeness (QED) is 0.698. The van der Waals surface area contributed by atoms with Crippen molar-refractivity contribution < 1.29 is 9.53 Å². The van der Waals surface area contributed by atoms with E-state index in [2.05, 4.69) is 21.6 Å². The number of benzene rings is 2. The van der Waals surface area contributed by atoms with Crippen molar-refractivity contribution in [3.63, 3.8) is 0 Å². The molecule has 0 saturated heterocycles. The van der Waals surface area contributed by atoms with Crippen LogP contribution in [0.4, 0.5) is 0 Å². The van der Waals surface area contributed by atoms with Crippen LogP contribution in [0, 0.1) is 11.3 Å². The van der Waals surface area contributed by atoms with Gasteiger partial charge in [0, 0.05) is 27.6 Å². The van der Waals surface area contributed by atoms with Gasteiger partial charge in [0.2, 0.25) is 0 Å². The molecule has 1 fully saturated rings. The van der Waals surface area contributed by atoms with E-state index >= 15 is 0 Å². The lowest BCUT2D eigenvalue weighted by atomic mass is 10.0. The summed E-state index contributed by atoms with van der Waals surface area (Å²) in [6.07, 6.45) is 2.04. The van der Waals surface area contributed by atoms with Crippen LogP contribution < -0.4 is 10.1 Å². The molecule has 1 aliphatic carbocycles. The van der Waals surface area contributed by atoms with Crippen LogP contribution in [0.3, 0.4) is 0 Å². The van der Waals surface area contributed by atoms with Crippen molar-refractivity contribution in [2.75, 3.05) is 6.61 Å². The lowest BCUT2D eigenvalue weighted by molar-refractivity contribution is 0.0951. The Bertz CT molecular complexity index is 1080. The summed E-state index contributed by atoms with van der Waals surface area (Å²) in [5, 5.41) is 20.9. The van der Waals surface area contributed by atoms with E-state index in [9.17, 15) is 10.1 Å². The molecule has 1 amide bonds. The number of halogens is 1. The number of aromatic nitrogens is 2. The van der Waals surface area contributed by atoms with Crippen LogP contribution in [-0.4, -0.2) is 28.8 Å². The molecular weight excluding hydrogens is 364 g/mol. The molecule has 6 nitrogen and oxygen atoms in total. The molecule has 7 heteroatoms. The van der Waals surface area contributed by atoms with Gasteiger partial charge in [-0.15, -0.1) is 0 Å². The number of nitrogens with zero attached hydrogens (tertiary/aromatic N) is 2. The molecule has 3 aromatic rings. The highest BCUT2D eigenvalue weighted by Gasteiger charge is 2.24. The molecule has 1 saturated carbocycles. The smallest absolute Gasteiger partial charge is 0.251 e. The fourth-order valence-corrected chi connectivity index (χ4v) is 3.22. The lowest BCUT2D eigenvalue weighted by Gasteiger charge is -2.08. The zero-order chi connectivity index (χ0) is 19.0. The molecule has 1 aliphatic rings. The minimum atomic E-state index is -0.136. The predicted octanol–water partition coefficient (Wildman–Crippen LogP) is 4.05. The monoisotopic (exact) mass is 380 g/mol. The number of H-pyrrole nitrogens is 1. The fraction of sp³-hybridized carbons (Fsp3) is 0.250. The fourth-order valence-electron chi connectivity index (χ4n) is 2.98. The van der Waals surface area contributed by atoms with Gasteiger partial charge < -0.3 is 10.1 Å². The molecule has 1 aromatic heterocycles. The second-order valence-corrected chi connectivity index (χ2v) is 6.92. The van der Waals surface area contributed by atoms with Crippen molar-refractivity contribution in [1.82, 2.24) is 15.5 Å². The molecule has 2 N–H and O–H groups in total. The molecule has 1 heterocycles. The van der Waals surface area contributed by atoms with Crippen LogP contribution in [0.5, 0.6) is 5.75 Å². The first-order chi connectivity index (χ1) is 13.1. The summed E-state index contributed by atoms with van der Waals surface area (Å²) in [6.45, 7) is 2.32. The molecular formula is C20H17ClN4O2. The second kappa shape index (κ2) is 6.93. The SMILES string of the molecule is CCOc1cc2c(-c3cc(Cl)cc(C(=O)NC4CC4)c3)n[nH]c2cc1C#N. The lowest BCUT2D eigenvalue weighted by Crippen LogP contribution is -2.25.